The van der Waals surface area contributed by atoms with Crippen LogP contribution in [0.5, 0.6) is 5.75 Å². The van der Waals surface area contributed by atoms with E-state index in [0.717, 1.165) is 17.7 Å². The lowest BCUT2D eigenvalue weighted by molar-refractivity contribution is -0.0963. The fourth-order valence-corrected chi connectivity index (χ4v) is 6.99. The van der Waals surface area contributed by atoms with Gasteiger partial charge in [-0.25, -0.2) is 17.2 Å². The van der Waals surface area contributed by atoms with Crippen molar-refractivity contribution in [2.75, 3.05) is 45.4 Å². The smallest absolute Gasteiger partial charge is 0.165 e. The van der Waals surface area contributed by atoms with Crippen LogP contribution in [0.4, 0.5) is 8.78 Å². The minimum Gasteiger partial charge on any atom is -0.490 e. The Balaban J connectivity index is 0.00000361. The molecule has 0 bridgehead atoms. The van der Waals surface area contributed by atoms with Gasteiger partial charge in [-0.05, 0) is 76.2 Å². The first-order chi connectivity index (χ1) is 16.6. The van der Waals surface area contributed by atoms with Gasteiger partial charge in [-0.2, -0.15) is 0 Å². The second-order valence-corrected chi connectivity index (χ2v) is 12.6. The van der Waals surface area contributed by atoms with E-state index in [0.29, 0.717) is 37.4 Å². The molecular weight excluding hydrogens is 531 g/mol. The maximum atomic E-state index is 15.3. The molecule has 0 N–H and O–H groups in total. The number of hydrogen-bond donors (Lipinski definition) is 0. The van der Waals surface area contributed by atoms with Gasteiger partial charge in [0.15, 0.2) is 11.6 Å². The van der Waals surface area contributed by atoms with Crippen molar-refractivity contribution in [3.05, 3.63) is 64.2 Å². The number of sulfone groups is 1. The second-order valence-electron chi connectivity index (χ2n) is 9.87. The number of fused-ring (bicyclic) bond motifs is 3. The normalized spacial score (nSPS) is 23.4. The minimum atomic E-state index is -3.27. The van der Waals surface area contributed by atoms with E-state index >= 15 is 4.39 Å². The van der Waals surface area contributed by atoms with Crippen LogP contribution in [-0.4, -0.2) is 64.8 Å². The van der Waals surface area contributed by atoms with Crippen molar-refractivity contribution in [1.82, 2.24) is 4.90 Å². The molecule has 36 heavy (non-hydrogen) atoms. The minimum absolute atomic E-state index is 0. The zero-order valence-corrected chi connectivity index (χ0v) is 22.9. The summed E-state index contributed by atoms with van der Waals surface area (Å²) in [5.74, 6) is -1.40. The highest BCUT2D eigenvalue weighted by Crippen LogP contribution is 2.52. The van der Waals surface area contributed by atoms with E-state index in [2.05, 4.69) is 0 Å². The SMILES string of the molecule is CN(C)CCCS(=O)(=O)CC[C@@H]1OCC[C@@]2(Cc3ccc(Cl)cc3)c3c(F)ccc(F)c3OC[C@@H]12.Cl. The van der Waals surface area contributed by atoms with Crippen LogP contribution in [0.3, 0.4) is 0 Å². The van der Waals surface area contributed by atoms with Crippen LogP contribution in [0.2, 0.25) is 5.02 Å². The molecule has 4 rings (SSSR count). The van der Waals surface area contributed by atoms with Crippen molar-refractivity contribution in [2.45, 2.75) is 37.2 Å². The third-order valence-corrected chi connectivity index (χ3v) is 9.23. The maximum Gasteiger partial charge on any atom is 0.165 e. The molecule has 1 saturated heterocycles. The van der Waals surface area contributed by atoms with Crippen molar-refractivity contribution in [3.8, 4) is 5.75 Å². The van der Waals surface area contributed by atoms with Crippen molar-refractivity contribution in [1.29, 1.82) is 0 Å². The molecule has 2 aliphatic heterocycles. The lowest BCUT2D eigenvalue weighted by Crippen LogP contribution is -2.55. The Bertz CT molecular complexity index is 1150. The molecule has 0 radical (unpaired) electrons. The quantitative estimate of drug-likeness (QED) is 0.426. The number of nitrogens with zero attached hydrogens (tertiary/aromatic N) is 1. The molecule has 2 aromatic carbocycles. The number of rotatable bonds is 9. The monoisotopic (exact) mass is 563 g/mol. The highest BCUT2D eigenvalue weighted by atomic mass is 35.5. The Morgan fingerprint density at radius 2 is 1.78 bits per heavy atom. The Morgan fingerprint density at radius 1 is 1.08 bits per heavy atom. The summed E-state index contributed by atoms with van der Waals surface area (Å²) >= 11 is 6.07. The molecule has 10 heteroatoms. The van der Waals surface area contributed by atoms with Crippen LogP contribution in [-0.2, 0) is 26.4 Å². The zero-order chi connectivity index (χ0) is 25.2. The molecule has 200 valence electrons. The molecule has 2 aliphatic rings. The van der Waals surface area contributed by atoms with Crippen LogP contribution in [0, 0.1) is 17.6 Å². The highest BCUT2D eigenvalue weighted by molar-refractivity contribution is 7.91. The van der Waals surface area contributed by atoms with Gasteiger partial charge < -0.3 is 14.4 Å². The third kappa shape index (κ3) is 6.33. The summed E-state index contributed by atoms with van der Waals surface area (Å²) in [4.78, 5) is 1.95. The topological polar surface area (TPSA) is 55.8 Å². The molecule has 5 nitrogen and oxygen atoms in total. The summed E-state index contributed by atoms with van der Waals surface area (Å²) in [5.41, 5.74) is 0.379. The summed E-state index contributed by atoms with van der Waals surface area (Å²) in [6.45, 7) is 1.15. The molecular formula is C26H33Cl2F2NO4S. The standard InChI is InChI=1S/C26H32ClF2NO4S.ClH/c1-30(2)12-3-14-35(31,32)15-10-23-20-17-34-25-22(29)9-8-21(28)24(25)26(20,11-13-33-23)16-18-4-6-19(27)7-5-18;/h4-9,20,23H,3,10-17H2,1-2H3;1H/t20-,23-,26-;/m0./s1. The molecule has 2 aromatic rings. The Labute approximate surface area is 223 Å². The average Bonchev–Trinajstić information content (AvgIpc) is 2.80. The van der Waals surface area contributed by atoms with Gasteiger partial charge in [0, 0.05) is 28.5 Å². The van der Waals surface area contributed by atoms with E-state index in [1.807, 2.05) is 31.1 Å². The van der Waals surface area contributed by atoms with Gasteiger partial charge in [0.05, 0.1) is 24.2 Å². The zero-order valence-electron chi connectivity index (χ0n) is 20.5. The highest BCUT2D eigenvalue weighted by Gasteiger charge is 2.53. The number of ether oxygens (including phenoxy) is 2. The number of hydrogen-bond acceptors (Lipinski definition) is 5. The molecule has 3 atom stereocenters. The average molecular weight is 565 g/mol. The summed E-state index contributed by atoms with van der Waals surface area (Å²) in [5, 5.41) is 0.594. The molecule has 1 fully saturated rings. The summed E-state index contributed by atoms with van der Waals surface area (Å²) in [6, 6.07) is 9.56. The van der Waals surface area contributed by atoms with Gasteiger partial charge in [-0.1, -0.05) is 23.7 Å². The second kappa shape index (κ2) is 11.9. The molecule has 2 heterocycles. The van der Waals surface area contributed by atoms with Gasteiger partial charge in [0.2, 0.25) is 0 Å². The first-order valence-corrected chi connectivity index (χ1v) is 14.1. The molecule has 0 amide bonds. The van der Waals surface area contributed by atoms with Gasteiger partial charge in [0.25, 0.3) is 0 Å². The largest absolute Gasteiger partial charge is 0.490 e. The Hall–Kier alpha value is -1.45. The van der Waals surface area contributed by atoms with E-state index in [-0.39, 0.29) is 54.2 Å². The first-order valence-electron chi connectivity index (χ1n) is 11.9. The van der Waals surface area contributed by atoms with Crippen molar-refractivity contribution >= 4 is 33.8 Å². The predicted octanol–water partition coefficient (Wildman–Crippen LogP) is 5.07. The van der Waals surface area contributed by atoms with Crippen LogP contribution in [0.1, 0.15) is 30.4 Å². The van der Waals surface area contributed by atoms with E-state index in [1.165, 1.54) is 0 Å². The molecule has 0 saturated carbocycles. The van der Waals surface area contributed by atoms with E-state index in [4.69, 9.17) is 21.1 Å². The van der Waals surface area contributed by atoms with Crippen LogP contribution in [0.15, 0.2) is 36.4 Å². The van der Waals surface area contributed by atoms with E-state index < -0.39 is 33.0 Å². The van der Waals surface area contributed by atoms with Gasteiger partial charge >= 0.3 is 0 Å². The molecule has 0 spiro atoms. The lowest BCUT2D eigenvalue weighted by Gasteiger charge is -2.51. The summed E-state index contributed by atoms with van der Waals surface area (Å²) in [6.07, 6.45) is 1.32. The summed E-state index contributed by atoms with van der Waals surface area (Å²) in [7, 11) is 0.547. The van der Waals surface area contributed by atoms with Crippen LogP contribution in [0.25, 0.3) is 0 Å². The van der Waals surface area contributed by atoms with Crippen molar-refractivity contribution in [3.63, 3.8) is 0 Å². The van der Waals surface area contributed by atoms with Gasteiger partial charge in [-0.3, -0.25) is 0 Å². The van der Waals surface area contributed by atoms with Crippen molar-refractivity contribution < 1.29 is 26.7 Å². The van der Waals surface area contributed by atoms with Gasteiger partial charge in [-0.15, -0.1) is 12.4 Å². The number of benzene rings is 2. The maximum absolute atomic E-state index is 15.3. The Kier molecular flexibility index (Phi) is 9.66. The summed E-state index contributed by atoms with van der Waals surface area (Å²) < 4.78 is 67.3. The lowest BCUT2D eigenvalue weighted by atomic mass is 9.60. The van der Waals surface area contributed by atoms with Crippen LogP contribution < -0.4 is 4.74 Å². The Morgan fingerprint density at radius 3 is 2.47 bits per heavy atom. The van der Waals surface area contributed by atoms with Crippen LogP contribution >= 0.6 is 24.0 Å². The van der Waals surface area contributed by atoms with Crippen molar-refractivity contribution in [2.24, 2.45) is 5.92 Å². The number of halogens is 4. The molecule has 0 unspecified atom stereocenters. The fourth-order valence-electron chi connectivity index (χ4n) is 5.50. The fraction of sp³-hybridized carbons (Fsp3) is 0.538. The third-order valence-electron chi connectivity index (χ3n) is 7.21. The predicted molar refractivity (Wildman–Crippen MR) is 140 cm³/mol. The molecule has 0 aliphatic carbocycles. The molecule has 0 aromatic heterocycles. The first kappa shape index (κ1) is 29.1. The van der Waals surface area contributed by atoms with E-state index in [1.54, 1.807) is 12.1 Å². The van der Waals surface area contributed by atoms with E-state index in [9.17, 15) is 12.8 Å². The van der Waals surface area contributed by atoms with Gasteiger partial charge in [0.1, 0.15) is 15.7 Å².